The fraction of sp³-hybridized carbons (Fsp3) is 0.474. The molecule has 1 saturated carbocycles. The van der Waals surface area contributed by atoms with Crippen LogP contribution < -0.4 is 5.32 Å². The lowest BCUT2D eigenvalue weighted by molar-refractivity contribution is -0.120. The Morgan fingerprint density at radius 2 is 1.74 bits per heavy atom. The number of carbonyl (C=O) groups excluding carboxylic acids is 3. The number of hydrogen-bond donors (Lipinski definition) is 1. The number of piperazine rings is 1. The van der Waals surface area contributed by atoms with Gasteiger partial charge in [0.25, 0.3) is 0 Å². The van der Waals surface area contributed by atoms with E-state index in [4.69, 9.17) is 21.1 Å². The number of carbonyl (C=O) groups is 3. The summed E-state index contributed by atoms with van der Waals surface area (Å²) in [7, 11) is -2.55. The van der Waals surface area contributed by atoms with Crippen LogP contribution in [0.4, 0.5) is 18.4 Å². The first-order valence-corrected chi connectivity index (χ1v) is 19.4. The molecule has 1 aromatic heterocycles. The molecule has 11 nitrogen and oxygen atoms in total. The number of Topliss-reactive ketones (excluding diaryl/α,β-unsaturated/α-hetero) is 1. The molecule has 2 aliphatic rings. The van der Waals surface area contributed by atoms with E-state index in [0.29, 0.717) is 29.0 Å². The van der Waals surface area contributed by atoms with E-state index in [0.717, 1.165) is 13.3 Å². The summed E-state index contributed by atoms with van der Waals surface area (Å²) < 4.78 is 69.5. The normalized spacial score (nSPS) is 19.3. The largest absolute Gasteiger partial charge is 0.453 e. The Balaban J connectivity index is 1.46. The fourth-order valence-electron chi connectivity index (χ4n) is 6.89. The number of rotatable bonds is 12. The molecule has 0 spiro atoms. The highest BCUT2D eigenvalue weighted by atomic mass is 35.5. The molecule has 1 aliphatic heterocycles. The van der Waals surface area contributed by atoms with Gasteiger partial charge in [0.15, 0.2) is 5.78 Å². The number of nitrogens with zero attached hydrogens (tertiary/aromatic N) is 3. The number of sulfonamides is 1. The first-order valence-electron chi connectivity index (χ1n) is 17.5. The molecule has 53 heavy (non-hydrogen) atoms. The molecular formula is C38H45ClF2N4O7S. The summed E-state index contributed by atoms with van der Waals surface area (Å²) in [5.74, 6) is -2.70. The van der Waals surface area contributed by atoms with Crippen LogP contribution in [-0.2, 0) is 37.1 Å². The molecule has 286 valence electrons. The molecular weight excluding hydrogens is 730 g/mol. The Bertz CT molecular complexity index is 1920. The zero-order valence-electron chi connectivity index (χ0n) is 30.4. The number of amides is 2. The van der Waals surface area contributed by atoms with Crippen LogP contribution in [0.5, 0.6) is 0 Å². The Kier molecular flexibility index (Phi) is 12.5. The first kappa shape index (κ1) is 40.1. The molecule has 2 amide bonds. The summed E-state index contributed by atoms with van der Waals surface area (Å²) in [5, 5.41) is 2.53. The molecule has 0 bridgehead atoms. The van der Waals surface area contributed by atoms with Crippen LogP contribution in [0.1, 0.15) is 75.1 Å². The molecule has 1 N–H and O–H groups in total. The van der Waals surface area contributed by atoms with Crippen molar-refractivity contribution in [1.82, 2.24) is 19.5 Å². The summed E-state index contributed by atoms with van der Waals surface area (Å²) in [6.07, 6.45) is 1.74. The van der Waals surface area contributed by atoms with Gasteiger partial charge in [-0.05, 0) is 99.9 Å². The number of benzene rings is 2. The number of methoxy groups -OCH3 is 1. The van der Waals surface area contributed by atoms with E-state index >= 15 is 4.39 Å². The van der Waals surface area contributed by atoms with Crippen LogP contribution in [0.3, 0.4) is 0 Å². The van der Waals surface area contributed by atoms with Crippen LogP contribution in [-0.4, -0.2) is 89.8 Å². The van der Waals surface area contributed by atoms with Crippen molar-refractivity contribution in [3.05, 3.63) is 99.8 Å². The van der Waals surface area contributed by atoms with E-state index in [1.807, 2.05) is 0 Å². The smallest absolute Gasteiger partial charge is 0.410 e. The van der Waals surface area contributed by atoms with E-state index in [1.54, 1.807) is 58.0 Å². The van der Waals surface area contributed by atoms with Crippen molar-refractivity contribution in [3.63, 3.8) is 0 Å². The predicted molar refractivity (Wildman–Crippen MR) is 195 cm³/mol. The maximum absolute atomic E-state index is 15.7. The Hall–Kier alpha value is -4.14. The van der Waals surface area contributed by atoms with Crippen LogP contribution >= 0.6 is 11.6 Å². The fourth-order valence-corrected chi connectivity index (χ4v) is 9.24. The molecule has 1 saturated heterocycles. The second kappa shape index (κ2) is 16.5. The van der Waals surface area contributed by atoms with Gasteiger partial charge in [0.05, 0.1) is 18.6 Å². The highest BCUT2D eigenvalue weighted by Gasteiger charge is 2.48. The van der Waals surface area contributed by atoms with Gasteiger partial charge in [0.1, 0.15) is 23.3 Å². The van der Waals surface area contributed by atoms with Gasteiger partial charge in [-0.25, -0.2) is 26.8 Å². The molecule has 4 atom stereocenters. The molecule has 2 heterocycles. The standard InChI is InChI=1S/C38H45ClF2N4O7S/c1-23-21-44(37(48)52-38(2,3)4)22-29(45(23)53(49,50)30-14-15-30)13-16-31-26(19-42-20-32(31)41)18-33(46)35(43-36(47)51-5)34(24-9-11-27(39)12-10-24)25-7-6-8-28(40)17-25/h6-12,17,19-20,23,29-30,34-35H,13-16,18,21-22H2,1-5H3,(H,43,47)/t23-,29-,34-,35+/m0/s1. The lowest BCUT2D eigenvalue weighted by Crippen LogP contribution is -2.61. The number of hydrogen-bond acceptors (Lipinski definition) is 8. The summed E-state index contributed by atoms with van der Waals surface area (Å²) in [6.45, 7) is 7.15. The number of halogens is 3. The van der Waals surface area contributed by atoms with Gasteiger partial charge in [-0.1, -0.05) is 35.9 Å². The average Bonchev–Trinajstić information content (AvgIpc) is 3.94. The minimum absolute atomic E-state index is 0.00675. The average molecular weight is 775 g/mol. The molecule has 0 radical (unpaired) electrons. The number of ketones is 1. The lowest BCUT2D eigenvalue weighted by Gasteiger charge is -2.45. The lowest BCUT2D eigenvalue weighted by atomic mass is 9.81. The zero-order valence-corrected chi connectivity index (χ0v) is 31.9. The molecule has 1 aliphatic carbocycles. The first-order chi connectivity index (χ1) is 25.0. The van der Waals surface area contributed by atoms with E-state index in [1.165, 1.54) is 33.6 Å². The van der Waals surface area contributed by atoms with Gasteiger partial charge >= 0.3 is 12.2 Å². The minimum atomic E-state index is -3.70. The zero-order chi connectivity index (χ0) is 38.7. The minimum Gasteiger partial charge on any atom is -0.453 e. The molecule has 2 aromatic carbocycles. The molecule has 15 heteroatoms. The summed E-state index contributed by atoms with van der Waals surface area (Å²) in [6, 6.07) is 9.63. The van der Waals surface area contributed by atoms with E-state index in [9.17, 15) is 27.2 Å². The SMILES string of the molecule is COC(=O)N[C@H](C(=O)Cc1cncc(F)c1CC[C@H]1CN(C(=O)OC(C)(C)C)C[C@H](C)N1S(=O)(=O)C1CC1)[C@@H](c1ccc(Cl)cc1)c1cccc(F)c1. The molecule has 2 fully saturated rings. The highest BCUT2D eigenvalue weighted by molar-refractivity contribution is 7.90. The third-order valence-electron chi connectivity index (χ3n) is 9.36. The van der Waals surface area contributed by atoms with E-state index in [-0.39, 0.29) is 43.5 Å². The van der Waals surface area contributed by atoms with Crippen molar-refractivity contribution in [3.8, 4) is 0 Å². The van der Waals surface area contributed by atoms with Crippen molar-refractivity contribution in [1.29, 1.82) is 0 Å². The van der Waals surface area contributed by atoms with Crippen molar-refractivity contribution < 1.29 is 41.1 Å². The maximum Gasteiger partial charge on any atom is 0.410 e. The summed E-state index contributed by atoms with van der Waals surface area (Å²) in [5.41, 5.74) is 0.536. The van der Waals surface area contributed by atoms with Crippen LogP contribution in [0.15, 0.2) is 60.9 Å². The Morgan fingerprint density at radius 1 is 1.04 bits per heavy atom. The number of pyridine rings is 1. The third-order valence-corrected chi connectivity index (χ3v) is 12.2. The van der Waals surface area contributed by atoms with Crippen LogP contribution in [0.2, 0.25) is 5.02 Å². The number of nitrogens with one attached hydrogen (secondary N) is 1. The van der Waals surface area contributed by atoms with E-state index in [2.05, 4.69) is 10.3 Å². The Morgan fingerprint density at radius 3 is 2.36 bits per heavy atom. The summed E-state index contributed by atoms with van der Waals surface area (Å²) >= 11 is 6.15. The van der Waals surface area contributed by atoms with Gasteiger partial charge in [-0.3, -0.25) is 9.78 Å². The highest BCUT2D eigenvalue weighted by Crippen LogP contribution is 2.36. The van der Waals surface area contributed by atoms with Crippen LogP contribution in [0.25, 0.3) is 0 Å². The molecule has 0 unspecified atom stereocenters. The number of aromatic nitrogens is 1. The predicted octanol–water partition coefficient (Wildman–Crippen LogP) is 6.42. The molecule has 3 aromatic rings. The second-order valence-corrected chi connectivity index (χ2v) is 17.2. The molecule has 5 rings (SSSR count). The van der Waals surface area contributed by atoms with E-state index < -0.39 is 74.5 Å². The topological polar surface area (TPSA) is 135 Å². The van der Waals surface area contributed by atoms with Crippen molar-refractivity contribution in [2.24, 2.45) is 0 Å². The van der Waals surface area contributed by atoms with Crippen molar-refractivity contribution in [2.45, 2.75) is 94.7 Å². The second-order valence-electron chi connectivity index (χ2n) is 14.6. The number of alkyl carbamates (subject to hydrolysis) is 1. The Labute approximate surface area is 314 Å². The van der Waals surface area contributed by atoms with Gasteiger partial charge in [0, 0.05) is 48.7 Å². The monoisotopic (exact) mass is 774 g/mol. The van der Waals surface area contributed by atoms with Crippen molar-refractivity contribution in [2.75, 3.05) is 20.2 Å². The van der Waals surface area contributed by atoms with Crippen LogP contribution in [0, 0.1) is 11.6 Å². The van der Waals surface area contributed by atoms with Gasteiger partial charge in [-0.2, -0.15) is 4.31 Å². The van der Waals surface area contributed by atoms with Gasteiger partial charge < -0.3 is 19.7 Å². The quantitative estimate of drug-likeness (QED) is 0.223. The van der Waals surface area contributed by atoms with Gasteiger partial charge in [-0.15, -0.1) is 0 Å². The third kappa shape index (κ3) is 9.89. The number of ether oxygens (including phenoxy) is 2. The van der Waals surface area contributed by atoms with Gasteiger partial charge in [0.2, 0.25) is 10.0 Å². The maximum atomic E-state index is 15.7. The summed E-state index contributed by atoms with van der Waals surface area (Å²) in [4.78, 5) is 45.6. The van der Waals surface area contributed by atoms with Crippen molar-refractivity contribution >= 4 is 39.6 Å².